The zero-order chi connectivity index (χ0) is 16.7. The third kappa shape index (κ3) is 2.70. The standard InChI is InChI=1S/C17H18ClN3O3/c18-12-1-2-15-19-14-3-6-20(10-13(14)17(23)21(15)9-12)16(22)11-4-7-24-8-5-11/h1-2,9,11H,3-8,10H2. The molecule has 4 rings (SSSR count). The molecule has 0 aliphatic carbocycles. The number of aromatic nitrogens is 2. The third-order valence-corrected chi connectivity index (χ3v) is 5.04. The highest BCUT2D eigenvalue weighted by Crippen LogP contribution is 2.22. The van der Waals surface area contributed by atoms with Crippen LogP contribution in [0.4, 0.5) is 0 Å². The summed E-state index contributed by atoms with van der Waals surface area (Å²) in [6.07, 6.45) is 3.70. The van der Waals surface area contributed by atoms with Crippen LogP contribution in [-0.2, 0) is 22.5 Å². The molecule has 24 heavy (non-hydrogen) atoms. The number of amides is 1. The predicted molar refractivity (Wildman–Crippen MR) is 89.1 cm³/mol. The van der Waals surface area contributed by atoms with E-state index in [2.05, 4.69) is 4.98 Å². The van der Waals surface area contributed by atoms with Gasteiger partial charge in [-0.3, -0.25) is 14.0 Å². The Hall–Kier alpha value is -1.92. The van der Waals surface area contributed by atoms with Crippen molar-refractivity contribution in [1.82, 2.24) is 14.3 Å². The number of carbonyl (C=O) groups excluding carboxylic acids is 1. The molecule has 0 atom stereocenters. The summed E-state index contributed by atoms with van der Waals surface area (Å²) < 4.78 is 6.79. The van der Waals surface area contributed by atoms with E-state index in [0.717, 1.165) is 18.5 Å². The van der Waals surface area contributed by atoms with Crippen molar-refractivity contribution in [2.24, 2.45) is 5.92 Å². The molecule has 1 fully saturated rings. The number of ether oxygens (including phenoxy) is 1. The average Bonchev–Trinajstić information content (AvgIpc) is 2.62. The monoisotopic (exact) mass is 347 g/mol. The van der Waals surface area contributed by atoms with Crippen LogP contribution in [0.25, 0.3) is 5.65 Å². The lowest BCUT2D eigenvalue weighted by Gasteiger charge is -2.32. The van der Waals surface area contributed by atoms with E-state index in [-0.39, 0.29) is 17.4 Å². The Morgan fingerprint density at radius 2 is 2.08 bits per heavy atom. The van der Waals surface area contributed by atoms with Gasteiger partial charge in [0.25, 0.3) is 5.56 Å². The van der Waals surface area contributed by atoms with Gasteiger partial charge in [0.05, 0.1) is 22.8 Å². The Morgan fingerprint density at radius 1 is 1.29 bits per heavy atom. The van der Waals surface area contributed by atoms with E-state index < -0.39 is 0 Å². The van der Waals surface area contributed by atoms with Gasteiger partial charge in [-0.25, -0.2) is 4.98 Å². The molecule has 4 heterocycles. The van der Waals surface area contributed by atoms with E-state index in [4.69, 9.17) is 16.3 Å². The molecule has 0 bridgehead atoms. The number of fused-ring (bicyclic) bond motifs is 2. The van der Waals surface area contributed by atoms with E-state index in [1.807, 2.05) is 0 Å². The van der Waals surface area contributed by atoms with Crippen LogP contribution in [0.5, 0.6) is 0 Å². The first-order valence-electron chi connectivity index (χ1n) is 8.19. The Morgan fingerprint density at radius 3 is 2.88 bits per heavy atom. The maximum atomic E-state index is 12.8. The molecule has 2 aliphatic heterocycles. The van der Waals surface area contributed by atoms with Gasteiger partial charge in [-0.1, -0.05) is 11.6 Å². The summed E-state index contributed by atoms with van der Waals surface area (Å²) in [7, 11) is 0. The first-order valence-corrected chi connectivity index (χ1v) is 8.57. The Kier molecular flexibility index (Phi) is 4.02. The first kappa shape index (κ1) is 15.6. The number of rotatable bonds is 1. The van der Waals surface area contributed by atoms with E-state index in [1.54, 1.807) is 23.2 Å². The van der Waals surface area contributed by atoms with E-state index in [1.165, 1.54) is 4.40 Å². The van der Waals surface area contributed by atoms with Crippen LogP contribution < -0.4 is 5.56 Å². The number of carbonyl (C=O) groups is 1. The second kappa shape index (κ2) is 6.18. The molecule has 0 saturated carbocycles. The molecule has 1 saturated heterocycles. The molecule has 126 valence electrons. The second-order valence-corrected chi connectivity index (χ2v) is 6.75. The van der Waals surface area contributed by atoms with Crippen LogP contribution in [0.1, 0.15) is 24.1 Å². The molecule has 0 radical (unpaired) electrons. The van der Waals surface area contributed by atoms with Gasteiger partial charge in [0.15, 0.2) is 0 Å². The molecule has 6 nitrogen and oxygen atoms in total. The van der Waals surface area contributed by atoms with Crippen LogP contribution in [0.2, 0.25) is 5.02 Å². The van der Waals surface area contributed by atoms with Gasteiger partial charge in [0.2, 0.25) is 5.91 Å². The van der Waals surface area contributed by atoms with E-state index in [0.29, 0.717) is 49.0 Å². The fourth-order valence-electron chi connectivity index (χ4n) is 3.46. The van der Waals surface area contributed by atoms with Gasteiger partial charge >= 0.3 is 0 Å². The van der Waals surface area contributed by atoms with Crippen molar-refractivity contribution >= 4 is 23.2 Å². The van der Waals surface area contributed by atoms with Gasteiger partial charge in [-0.05, 0) is 25.0 Å². The van der Waals surface area contributed by atoms with Crippen LogP contribution in [-0.4, -0.2) is 40.0 Å². The molecule has 1 amide bonds. The molecule has 7 heteroatoms. The highest BCUT2D eigenvalue weighted by Gasteiger charge is 2.30. The van der Waals surface area contributed by atoms with Crippen molar-refractivity contribution in [2.75, 3.05) is 19.8 Å². The number of hydrogen-bond acceptors (Lipinski definition) is 4. The quantitative estimate of drug-likeness (QED) is 0.787. The summed E-state index contributed by atoms with van der Waals surface area (Å²) in [5.41, 5.74) is 1.84. The summed E-state index contributed by atoms with van der Waals surface area (Å²) in [5.74, 6) is 0.130. The zero-order valence-corrected chi connectivity index (χ0v) is 14.0. The SMILES string of the molecule is O=C(C1CCOCC1)N1CCc2nc3ccc(Cl)cn3c(=O)c2C1. The van der Waals surface area contributed by atoms with Crippen molar-refractivity contribution in [3.8, 4) is 0 Å². The maximum Gasteiger partial charge on any atom is 0.263 e. The normalized spacial score (nSPS) is 18.6. The summed E-state index contributed by atoms with van der Waals surface area (Å²) >= 11 is 5.99. The highest BCUT2D eigenvalue weighted by atomic mass is 35.5. The van der Waals surface area contributed by atoms with Crippen LogP contribution in [0.15, 0.2) is 23.1 Å². The molecule has 0 spiro atoms. The van der Waals surface area contributed by atoms with Crippen molar-refractivity contribution in [2.45, 2.75) is 25.8 Å². The Bertz CT molecular complexity index is 858. The summed E-state index contributed by atoms with van der Waals surface area (Å²) in [6.45, 7) is 2.20. The lowest BCUT2D eigenvalue weighted by atomic mass is 9.97. The van der Waals surface area contributed by atoms with E-state index >= 15 is 0 Å². The van der Waals surface area contributed by atoms with Crippen molar-refractivity contribution < 1.29 is 9.53 Å². The fraction of sp³-hybridized carbons (Fsp3) is 0.471. The molecule has 2 aromatic rings. The van der Waals surface area contributed by atoms with Gasteiger partial charge in [-0.15, -0.1) is 0 Å². The Balaban J connectivity index is 1.66. The van der Waals surface area contributed by atoms with Gasteiger partial charge in [-0.2, -0.15) is 0 Å². The van der Waals surface area contributed by atoms with Crippen molar-refractivity contribution in [3.63, 3.8) is 0 Å². The summed E-state index contributed by atoms with van der Waals surface area (Å²) in [5, 5.41) is 0.484. The summed E-state index contributed by atoms with van der Waals surface area (Å²) in [4.78, 5) is 31.8. The minimum absolute atomic E-state index is 0.00548. The molecule has 0 N–H and O–H groups in total. The minimum Gasteiger partial charge on any atom is -0.381 e. The number of hydrogen-bond donors (Lipinski definition) is 0. The van der Waals surface area contributed by atoms with Crippen LogP contribution >= 0.6 is 11.6 Å². The van der Waals surface area contributed by atoms with Gasteiger partial charge < -0.3 is 9.64 Å². The number of nitrogens with zero attached hydrogens (tertiary/aromatic N) is 3. The largest absolute Gasteiger partial charge is 0.381 e. The molecular weight excluding hydrogens is 330 g/mol. The van der Waals surface area contributed by atoms with Crippen LogP contribution in [0, 0.1) is 5.92 Å². The topological polar surface area (TPSA) is 63.9 Å². The van der Waals surface area contributed by atoms with Gasteiger partial charge in [0.1, 0.15) is 5.65 Å². The third-order valence-electron chi connectivity index (χ3n) is 4.82. The average molecular weight is 348 g/mol. The lowest BCUT2D eigenvalue weighted by molar-refractivity contribution is -0.139. The molecule has 0 unspecified atom stereocenters. The molecule has 2 aliphatic rings. The fourth-order valence-corrected chi connectivity index (χ4v) is 3.62. The maximum absolute atomic E-state index is 12.8. The minimum atomic E-state index is -0.137. The smallest absolute Gasteiger partial charge is 0.263 e. The molecular formula is C17H18ClN3O3. The molecule has 2 aromatic heterocycles. The first-order chi connectivity index (χ1) is 11.6. The van der Waals surface area contributed by atoms with Crippen LogP contribution in [0.3, 0.4) is 0 Å². The summed E-state index contributed by atoms with van der Waals surface area (Å²) in [6, 6.07) is 3.46. The predicted octanol–water partition coefficient (Wildman–Crippen LogP) is 1.66. The number of halogens is 1. The zero-order valence-electron chi connectivity index (χ0n) is 13.2. The highest BCUT2D eigenvalue weighted by molar-refractivity contribution is 6.30. The van der Waals surface area contributed by atoms with Crippen molar-refractivity contribution in [1.29, 1.82) is 0 Å². The van der Waals surface area contributed by atoms with E-state index in [9.17, 15) is 9.59 Å². The molecule has 0 aromatic carbocycles. The van der Waals surface area contributed by atoms with Crippen molar-refractivity contribution in [3.05, 3.63) is 45.0 Å². The second-order valence-electron chi connectivity index (χ2n) is 6.31. The number of pyridine rings is 1. The Labute approximate surface area is 144 Å². The van der Waals surface area contributed by atoms with Gasteiger partial charge in [0, 0.05) is 38.3 Å². The lowest BCUT2D eigenvalue weighted by Crippen LogP contribution is -2.44.